The van der Waals surface area contributed by atoms with Gasteiger partial charge in [-0.25, -0.2) is 0 Å². The molecule has 5 nitrogen and oxygen atoms in total. The molecule has 2 rings (SSSR count). The summed E-state index contributed by atoms with van der Waals surface area (Å²) in [5.41, 5.74) is 6.05. The standard InChI is InChI=1S/C12H12Cl2N2O3/c13-8-3-6(4-9(14)11(8)15)12(19)16(5-10(17)18)7-1-2-7/h3-4,7H,1-2,5,15H2,(H,17,18). The molecule has 1 fully saturated rings. The summed E-state index contributed by atoms with van der Waals surface area (Å²) in [6.45, 7) is -0.330. The highest BCUT2D eigenvalue weighted by atomic mass is 35.5. The monoisotopic (exact) mass is 302 g/mol. The Morgan fingerprint density at radius 3 is 2.26 bits per heavy atom. The summed E-state index contributed by atoms with van der Waals surface area (Å²) in [4.78, 5) is 24.4. The fourth-order valence-corrected chi connectivity index (χ4v) is 2.26. The first-order chi connectivity index (χ1) is 8.90. The second-order valence-electron chi connectivity index (χ2n) is 4.41. The molecule has 19 heavy (non-hydrogen) atoms. The van der Waals surface area contributed by atoms with Crippen molar-refractivity contribution < 1.29 is 14.7 Å². The Bertz CT molecular complexity index is 521. The number of rotatable bonds is 4. The van der Waals surface area contributed by atoms with Gasteiger partial charge in [-0.1, -0.05) is 23.2 Å². The van der Waals surface area contributed by atoms with Crippen LogP contribution in [-0.4, -0.2) is 34.5 Å². The number of carbonyl (C=O) groups excluding carboxylic acids is 1. The highest BCUT2D eigenvalue weighted by molar-refractivity contribution is 6.39. The van der Waals surface area contributed by atoms with Crippen LogP contribution < -0.4 is 5.73 Å². The quantitative estimate of drug-likeness (QED) is 0.836. The van der Waals surface area contributed by atoms with Gasteiger partial charge in [0, 0.05) is 11.6 Å². The predicted molar refractivity (Wildman–Crippen MR) is 72.6 cm³/mol. The highest BCUT2D eigenvalue weighted by Crippen LogP contribution is 2.32. The van der Waals surface area contributed by atoms with Crippen molar-refractivity contribution in [2.75, 3.05) is 12.3 Å². The van der Waals surface area contributed by atoms with Crippen molar-refractivity contribution in [3.8, 4) is 0 Å². The molecule has 1 aliphatic rings. The minimum absolute atomic E-state index is 0.0151. The van der Waals surface area contributed by atoms with Gasteiger partial charge in [0.25, 0.3) is 5.91 Å². The molecular formula is C12H12Cl2N2O3. The Hall–Kier alpha value is -1.46. The van der Waals surface area contributed by atoms with Crippen molar-refractivity contribution in [3.05, 3.63) is 27.7 Å². The van der Waals surface area contributed by atoms with Crippen LogP contribution in [0.2, 0.25) is 10.0 Å². The zero-order valence-electron chi connectivity index (χ0n) is 9.90. The van der Waals surface area contributed by atoms with Gasteiger partial charge in [0.05, 0.1) is 15.7 Å². The Morgan fingerprint density at radius 2 is 1.84 bits per heavy atom. The average molecular weight is 303 g/mol. The number of carbonyl (C=O) groups is 2. The van der Waals surface area contributed by atoms with E-state index in [0.29, 0.717) is 0 Å². The van der Waals surface area contributed by atoms with Gasteiger partial charge in [0.1, 0.15) is 6.54 Å². The van der Waals surface area contributed by atoms with E-state index in [-0.39, 0.29) is 33.9 Å². The van der Waals surface area contributed by atoms with Crippen LogP contribution in [0.3, 0.4) is 0 Å². The number of hydrogen-bond acceptors (Lipinski definition) is 3. The van der Waals surface area contributed by atoms with E-state index in [1.54, 1.807) is 0 Å². The smallest absolute Gasteiger partial charge is 0.323 e. The topological polar surface area (TPSA) is 83.6 Å². The second-order valence-corrected chi connectivity index (χ2v) is 5.23. The van der Waals surface area contributed by atoms with Gasteiger partial charge in [0.15, 0.2) is 0 Å². The normalized spacial score (nSPS) is 14.2. The first kappa shape index (κ1) is 14.0. The Morgan fingerprint density at radius 1 is 1.32 bits per heavy atom. The fraction of sp³-hybridized carbons (Fsp3) is 0.333. The summed E-state index contributed by atoms with van der Waals surface area (Å²) >= 11 is 11.7. The zero-order chi connectivity index (χ0) is 14.2. The number of nitrogens with two attached hydrogens (primary N) is 1. The lowest BCUT2D eigenvalue weighted by Gasteiger charge is -2.20. The summed E-state index contributed by atoms with van der Waals surface area (Å²) < 4.78 is 0. The van der Waals surface area contributed by atoms with E-state index in [4.69, 9.17) is 34.0 Å². The van der Waals surface area contributed by atoms with Gasteiger partial charge < -0.3 is 15.7 Å². The van der Waals surface area contributed by atoms with E-state index in [2.05, 4.69) is 0 Å². The van der Waals surface area contributed by atoms with Crippen molar-refractivity contribution in [1.29, 1.82) is 0 Å². The van der Waals surface area contributed by atoms with Crippen molar-refractivity contribution >= 4 is 40.8 Å². The molecule has 0 radical (unpaired) electrons. The van der Waals surface area contributed by atoms with Crippen LogP contribution in [0.1, 0.15) is 23.2 Å². The summed E-state index contributed by atoms with van der Waals surface area (Å²) in [5.74, 6) is -1.44. The molecule has 102 valence electrons. The maximum Gasteiger partial charge on any atom is 0.323 e. The molecular weight excluding hydrogens is 291 g/mol. The molecule has 0 spiro atoms. The number of carboxylic acids is 1. The van der Waals surface area contributed by atoms with Gasteiger partial charge in [-0.05, 0) is 25.0 Å². The van der Waals surface area contributed by atoms with Gasteiger partial charge in [-0.2, -0.15) is 0 Å². The molecule has 0 aromatic heterocycles. The molecule has 0 saturated heterocycles. The van der Waals surface area contributed by atoms with E-state index >= 15 is 0 Å². The average Bonchev–Trinajstić information content (AvgIpc) is 3.15. The fourth-order valence-electron chi connectivity index (χ4n) is 1.77. The summed E-state index contributed by atoms with van der Waals surface area (Å²) in [5, 5.41) is 9.21. The van der Waals surface area contributed by atoms with Crippen molar-refractivity contribution in [2.24, 2.45) is 0 Å². The van der Waals surface area contributed by atoms with Gasteiger partial charge >= 0.3 is 5.97 Å². The number of amides is 1. The number of nitrogens with zero attached hydrogens (tertiary/aromatic N) is 1. The number of benzene rings is 1. The lowest BCUT2D eigenvalue weighted by atomic mass is 10.1. The van der Waals surface area contributed by atoms with Crippen LogP contribution in [-0.2, 0) is 4.79 Å². The van der Waals surface area contributed by atoms with E-state index in [1.165, 1.54) is 17.0 Å². The number of halogens is 2. The van der Waals surface area contributed by atoms with Crippen LogP contribution in [0.5, 0.6) is 0 Å². The van der Waals surface area contributed by atoms with E-state index < -0.39 is 11.9 Å². The van der Waals surface area contributed by atoms with E-state index in [0.717, 1.165) is 12.8 Å². The van der Waals surface area contributed by atoms with Crippen LogP contribution in [0.4, 0.5) is 5.69 Å². The second kappa shape index (κ2) is 5.27. The number of hydrogen-bond donors (Lipinski definition) is 2. The van der Waals surface area contributed by atoms with Crippen LogP contribution >= 0.6 is 23.2 Å². The molecule has 1 aromatic carbocycles. The van der Waals surface area contributed by atoms with Crippen molar-refractivity contribution in [3.63, 3.8) is 0 Å². The zero-order valence-corrected chi connectivity index (χ0v) is 11.4. The molecule has 0 heterocycles. The molecule has 0 atom stereocenters. The Kier molecular flexibility index (Phi) is 3.87. The van der Waals surface area contributed by atoms with Crippen molar-refractivity contribution in [1.82, 2.24) is 4.90 Å². The van der Waals surface area contributed by atoms with Gasteiger partial charge in [0.2, 0.25) is 0 Å². The third-order valence-corrected chi connectivity index (χ3v) is 3.51. The molecule has 7 heteroatoms. The van der Waals surface area contributed by atoms with E-state index in [9.17, 15) is 9.59 Å². The third-order valence-electron chi connectivity index (χ3n) is 2.88. The minimum atomic E-state index is -1.05. The van der Waals surface area contributed by atoms with Crippen LogP contribution in [0.25, 0.3) is 0 Å². The first-order valence-electron chi connectivity index (χ1n) is 5.67. The number of anilines is 1. The van der Waals surface area contributed by atoms with Crippen LogP contribution in [0.15, 0.2) is 12.1 Å². The number of nitrogen functional groups attached to an aromatic ring is 1. The Labute approximate surface area is 119 Å². The lowest BCUT2D eigenvalue weighted by molar-refractivity contribution is -0.137. The first-order valence-corrected chi connectivity index (χ1v) is 6.43. The van der Waals surface area contributed by atoms with Gasteiger partial charge in [-0.15, -0.1) is 0 Å². The van der Waals surface area contributed by atoms with Crippen LogP contribution in [0, 0.1) is 0 Å². The molecule has 1 aromatic rings. The molecule has 1 aliphatic carbocycles. The van der Waals surface area contributed by atoms with Crippen molar-refractivity contribution in [2.45, 2.75) is 18.9 Å². The lowest BCUT2D eigenvalue weighted by Crippen LogP contribution is -2.37. The summed E-state index contributed by atoms with van der Waals surface area (Å²) in [6.07, 6.45) is 1.63. The molecule has 1 saturated carbocycles. The maximum atomic E-state index is 12.3. The number of carboxylic acid groups (broad SMARTS) is 1. The SMILES string of the molecule is Nc1c(Cl)cc(C(=O)N(CC(=O)O)C2CC2)cc1Cl. The largest absolute Gasteiger partial charge is 0.480 e. The molecule has 1 amide bonds. The number of aliphatic carboxylic acids is 1. The maximum absolute atomic E-state index is 12.3. The Balaban J connectivity index is 2.28. The summed E-state index contributed by atoms with van der Waals surface area (Å²) in [7, 11) is 0. The van der Waals surface area contributed by atoms with E-state index in [1.807, 2.05) is 0 Å². The molecule has 0 aliphatic heterocycles. The molecule has 3 N–H and O–H groups in total. The molecule has 0 unspecified atom stereocenters. The highest BCUT2D eigenvalue weighted by Gasteiger charge is 2.34. The predicted octanol–water partition coefficient (Wildman–Crippen LogP) is 2.26. The third kappa shape index (κ3) is 3.11. The minimum Gasteiger partial charge on any atom is -0.480 e. The molecule has 0 bridgehead atoms. The van der Waals surface area contributed by atoms with Gasteiger partial charge in [-0.3, -0.25) is 9.59 Å². The summed E-state index contributed by atoms with van der Waals surface area (Å²) in [6, 6.07) is 2.80.